The van der Waals surface area contributed by atoms with Crippen molar-refractivity contribution in [2.75, 3.05) is 53.0 Å². The highest BCUT2D eigenvalue weighted by Crippen LogP contribution is 2.06. The van der Waals surface area contributed by atoms with Crippen LogP contribution in [0.3, 0.4) is 0 Å². The summed E-state index contributed by atoms with van der Waals surface area (Å²) >= 11 is 0. The lowest BCUT2D eigenvalue weighted by Crippen LogP contribution is -2.44. The number of morpholine rings is 1. The molecule has 116 valence electrons. The SMILES string of the molecule is CCC(=O)N(CCN1CCOCC1)CC(C)C(=O)OC. The van der Waals surface area contributed by atoms with E-state index in [1.807, 2.05) is 6.92 Å². The third-order valence-corrected chi connectivity index (χ3v) is 3.54. The Labute approximate surface area is 121 Å². The van der Waals surface area contributed by atoms with Gasteiger partial charge in [0.25, 0.3) is 0 Å². The fourth-order valence-electron chi connectivity index (χ4n) is 2.23. The van der Waals surface area contributed by atoms with Crippen molar-refractivity contribution in [1.29, 1.82) is 0 Å². The van der Waals surface area contributed by atoms with Crippen molar-refractivity contribution < 1.29 is 19.1 Å². The number of methoxy groups -OCH3 is 1. The van der Waals surface area contributed by atoms with Gasteiger partial charge >= 0.3 is 5.97 Å². The van der Waals surface area contributed by atoms with Crippen molar-refractivity contribution in [3.05, 3.63) is 0 Å². The highest BCUT2D eigenvalue weighted by molar-refractivity contribution is 5.77. The van der Waals surface area contributed by atoms with Gasteiger partial charge in [0.2, 0.25) is 5.91 Å². The normalized spacial score (nSPS) is 17.6. The van der Waals surface area contributed by atoms with Crippen LogP contribution in [0.15, 0.2) is 0 Å². The van der Waals surface area contributed by atoms with Crippen molar-refractivity contribution in [2.24, 2.45) is 5.92 Å². The number of esters is 1. The van der Waals surface area contributed by atoms with Gasteiger partial charge in [-0.1, -0.05) is 13.8 Å². The monoisotopic (exact) mass is 286 g/mol. The summed E-state index contributed by atoms with van der Waals surface area (Å²) in [5.74, 6) is -0.487. The van der Waals surface area contributed by atoms with Crippen molar-refractivity contribution in [1.82, 2.24) is 9.80 Å². The highest BCUT2D eigenvalue weighted by Gasteiger charge is 2.21. The molecule has 1 rings (SSSR count). The summed E-state index contributed by atoms with van der Waals surface area (Å²) in [6.45, 7) is 8.83. The molecular weight excluding hydrogens is 260 g/mol. The predicted molar refractivity (Wildman–Crippen MR) is 75.3 cm³/mol. The summed E-state index contributed by atoms with van der Waals surface area (Å²) in [6.07, 6.45) is 0.455. The lowest BCUT2D eigenvalue weighted by Gasteiger charge is -2.30. The molecule has 1 fully saturated rings. The van der Waals surface area contributed by atoms with Crippen LogP contribution in [0.5, 0.6) is 0 Å². The Kier molecular flexibility index (Phi) is 7.54. The van der Waals surface area contributed by atoms with E-state index in [0.717, 1.165) is 32.8 Å². The molecule has 0 N–H and O–H groups in total. The van der Waals surface area contributed by atoms with Gasteiger partial charge in [0, 0.05) is 39.1 Å². The van der Waals surface area contributed by atoms with Crippen molar-refractivity contribution in [3.8, 4) is 0 Å². The zero-order valence-corrected chi connectivity index (χ0v) is 12.8. The largest absolute Gasteiger partial charge is 0.469 e. The second-order valence-corrected chi connectivity index (χ2v) is 5.07. The van der Waals surface area contributed by atoms with Gasteiger partial charge < -0.3 is 14.4 Å². The molecule has 1 aliphatic heterocycles. The van der Waals surface area contributed by atoms with E-state index in [2.05, 4.69) is 4.90 Å². The first kappa shape index (κ1) is 16.9. The maximum Gasteiger partial charge on any atom is 0.310 e. The van der Waals surface area contributed by atoms with Crippen LogP contribution in [0.2, 0.25) is 0 Å². The maximum absolute atomic E-state index is 12.0. The number of carbonyl (C=O) groups is 2. The molecule has 0 aromatic rings. The molecule has 0 saturated carbocycles. The first-order valence-electron chi connectivity index (χ1n) is 7.24. The van der Waals surface area contributed by atoms with Crippen molar-refractivity contribution >= 4 is 11.9 Å². The van der Waals surface area contributed by atoms with E-state index in [-0.39, 0.29) is 17.8 Å². The summed E-state index contributed by atoms with van der Waals surface area (Å²) in [5, 5.41) is 0. The second kappa shape index (κ2) is 8.92. The number of hydrogen-bond acceptors (Lipinski definition) is 5. The number of amides is 1. The Morgan fingerprint density at radius 2 is 2.00 bits per heavy atom. The molecule has 0 bridgehead atoms. The third kappa shape index (κ3) is 5.46. The molecule has 1 heterocycles. The van der Waals surface area contributed by atoms with Crippen LogP contribution in [0, 0.1) is 5.92 Å². The molecule has 20 heavy (non-hydrogen) atoms. The van der Waals surface area contributed by atoms with E-state index < -0.39 is 0 Å². The van der Waals surface area contributed by atoms with E-state index in [9.17, 15) is 9.59 Å². The van der Waals surface area contributed by atoms with Crippen LogP contribution < -0.4 is 0 Å². The molecule has 6 nitrogen and oxygen atoms in total. The lowest BCUT2D eigenvalue weighted by molar-refractivity contribution is -0.146. The van der Waals surface area contributed by atoms with E-state index >= 15 is 0 Å². The Bertz CT molecular complexity index is 316. The minimum absolute atomic E-state index is 0.0778. The molecule has 0 radical (unpaired) electrons. The molecule has 1 amide bonds. The molecule has 0 aliphatic carbocycles. The number of nitrogens with zero attached hydrogens (tertiary/aromatic N) is 2. The Morgan fingerprint density at radius 1 is 1.35 bits per heavy atom. The highest BCUT2D eigenvalue weighted by atomic mass is 16.5. The van der Waals surface area contributed by atoms with Gasteiger partial charge in [0.1, 0.15) is 0 Å². The maximum atomic E-state index is 12.0. The van der Waals surface area contributed by atoms with Gasteiger partial charge in [-0.3, -0.25) is 14.5 Å². The van der Waals surface area contributed by atoms with Crippen LogP contribution in [0.25, 0.3) is 0 Å². The Morgan fingerprint density at radius 3 is 2.55 bits per heavy atom. The minimum Gasteiger partial charge on any atom is -0.469 e. The number of hydrogen-bond donors (Lipinski definition) is 0. The number of carbonyl (C=O) groups excluding carboxylic acids is 2. The lowest BCUT2D eigenvalue weighted by atomic mass is 10.1. The summed E-state index contributed by atoms with van der Waals surface area (Å²) in [5.41, 5.74) is 0. The molecule has 1 atom stereocenters. The van der Waals surface area contributed by atoms with Gasteiger partial charge in [-0.15, -0.1) is 0 Å². The van der Waals surface area contributed by atoms with Crippen LogP contribution in [0.1, 0.15) is 20.3 Å². The average molecular weight is 286 g/mol. The zero-order chi connectivity index (χ0) is 15.0. The van der Waals surface area contributed by atoms with Crippen LogP contribution in [0.4, 0.5) is 0 Å². The van der Waals surface area contributed by atoms with E-state index in [0.29, 0.717) is 19.5 Å². The van der Waals surface area contributed by atoms with Gasteiger partial charge in [-0.05, 0) is 0 Å². The molecule has 0 spiro atoms. The average Bonchev–Trinajstić information content (AvgIpc) is 2.50. The zero-order valence-electron chi connectivity index (χ0n) is 12.8. The van der Waals surface area contributed by atoms with Crippen LogP contribution in [-0.4, -0.2) is 74.7 Å². The number of ether oxygens (including phenoxy) is 2. The van der Waals surface area contributed by atoms with Crippen molar-refractivity contribution in [2.45, 2.75) is 20.3 Å². The fraction of sp³-hybridized carbons (Fsp3) is 0.857. The second-order valence-electron chi connectivity index (χ2n) is 5.07. The third-order valence-electron chi connectivity index (χ3n) is 3.54. The summed E-state index contributed by atoms with van der Waals surface area (Å²) in [4.78, 5) is 27.5. The molecular formula is C14H26N2O4. The van der Waals surface area contributed by atoms with Gasteiger partial charge in [0.05, 0.1) is 26.2 Å². The van der Waals surface area contributed by atoms with Crippen LogP contribution >= 0.6 is 0 Å². The van der Waals surface area contributed by atoms with Gasteiger partial charge in [-0.2, -0.15) is 0 Å². The van der Waals surface area contributed by atoms with E-state index in [4.69, 9.17) is 9.47 Å². The summed E-state index contributed by atoms with van der Waals surface area (Å²) < 4.78 is 10.0. The Hall–Kier alpha value is -1.14. The molecule has 0 aromatic carbocycles. The smallest absolute Gasteiger partial charge is 0.310 e. The van der Waals surface area contributed by atoms with E-state index in [1.165, 1.54) is 7.11 Å². The molecule has 1 saturated heterocycles. The summed E-state index contributed by atoms with van der Waals surface area (Å²) in [7, 11) is 1.37. The van der Waals surface area contributed by atoms with Crippen molar-refractivity contribution in [3.63, 3.8) is 0 Å². The van der Waals surface area contributed by atoms with E-state index in [1.54, 1.807) is 11.8 Å². The first-order chi connectivity index (χ1) is 9.58. The van der Waals surface area contributed by atoms with Gasteiger partial charge in [-0.25, -0.2) is 0 Å². The first-order valence-corrected chi connectivity index (χ1v) is 7.24. The molecule has 0 aromatic heterocycles. The molecule has 1 unspecified atom stereocenters. The fourth-order valence-corrected chi connectivity index (χ4v) is 2.23. The Balaban J connectivity index is 2.46. The van der Waals surface area contributed by atoms with Gasteiger partial charge in [0.15, 0.2) is 0 Å². The predicted octanol–water partition coefficient (Wildman–Crippen LogP) is 0.366. The molecule has 1 aliphatic rings. The number of rotatable bonds is 7. The topological polar surface area (TPSA) is 59.1 Å². The summed E-state index contributed by atoms with van der Waals surface area (Å²) in [6, 6.07) is 0. The standard InChI is InChI=1S/C14H26N2O4/c1-4-13(17)16(11-12(2)14(18)19-3)6-5-15-7-9-20-10-8-15/h12H,4-11H2,1-3H3. The minimum atomic E-state index is -0.291. The molecule has 6 heteroatoms. The quantitative estimate of drug-likeness (QED) is 0.633. The van der Waals surface area contributed by atoms with Crippen LogP contribution in [-0.2, 0) is 19.1 Å².